The molecule has 4 rings (SSSR count). The molecule has 34 heavy (non-hydrogen) atoms. The first-order valence-corrected chi connectivity index (χ1v) is 11.4. The zero-order chi connectivity index (χ0) is 24.7. The van der Waals surface area contributed by atoms with Crippen LogP contribution in [0.4, 0.5) is 13.2 Å². The van der Waals surface area contributed by atoms with Crippen molar-refractivity contribution in [1.29, 1.82) is 0 Å². The molecule has 0 N–H and O–H groups in total. The van der Waals surface area contributed by atoms with Crippen LogP contribution in [-0.4, -0.2) is 29.0 Å². The number of hydrogen-bond donors (Lipinski definition) is 0. The molecule has 2 aromatic carbocycles. The van der Waals surface area contributed by atoms with Gasteiger partial charge in [-0.15, -0.1) is 13.2 Å². The average molecular weight is 475 g/mol. The monoisotopic (exact) mass is 474 g/mol. The van der Waals surface area contributed by atoms with Crippen LogP contribution < -0.4 is 4.74 Å². The van der Waals surface area contributed by atoms with E-state index in [1.807, 2.05) is 6.07 Å². The lowest BCUT2D eigenvalue weighted by Gasteiger charge is -2.40. The quantitative estimate of drug-likeness (QED) is 0.386. The molecule has 1 saturated carbocycles. The number of ether oxygens (including phenoxy) is 2. The molecule has 2 atom stereocenters. The van der Waals surface area contributed by atoms with Crippen molar-refractivity contribution in [2.24, 2.45) is 11.3 Å². The Kier molecular flexibility index (Phi) is 6.36. The normalized spacial score (nSPS) is 20.3. The Bertz CT molecular complexity index is 1200. The van der Waals surface area contributed by atoms with E-state index in [4.69, 9.17) is 9.72 Å². The zero-order valence-electron chi connectivity index (χ0n) is 19.8. The van der Waals surface area contributed by atoms with Crippen molar-refractivity contribution < 1.29 is 27.4 Å². The fourth-order valence-corrected chi connectivity index (χ4v) is 5.46. The number of carbonyl (C=O) groups is 1. The van der Waals surface area contributed by atoms with Crippen molar-refractivity contribution in [2.45, 2.75) is 58.9 Å². The van der Waals surface area contributed by atoms with Gasteiger partial charge in [-0.05, 0) is 54.9 Å². The Balaban J connectivity index is 1.82. The Labute approximate surface area is 196 Å². The van der Waals surface area contributed by atoms with Crippen molar-refractivity contribution in [3.63, 3.8) is 0 Å². The van der Waals surface area contributed by atoms with Crippen molar-refractivity contribution in [3.05, 3.63) is 59.4 Å². The van der Waals surface area contributed by atoms with E-state index in [0.29, 0.717) is 28.4 Å². The van der Waals surface area contributed by atoms with E-state index in [0.717, 1.165) is 24.8 Å². The van der Waals surface area contributed by atoms with Gasteiger partial charge in [-0.25, -0.2) is 9.78 Å². The number of alkyl halides is 3. The predicted molar refractivity (Wildman–Crippen MR) is 123 cm³/mol. The number of nitrogens with zero attached hydrogens (tertiary/aromatic N) is 2. The summed E-state index contributed by atoms with van der Waals surface area (Å²) in [6.45, 7) is 6.72. The largest absolute Gasteiger partial charge is 0.573 e. The molecule has 3 aromatic rings. The Morgan fingerprint density at radius 3 is 2.59 bits per heavy atom. The maximum absolute atomic E-state index is 13.0. The van der Waals surface area contributed by atoms with E-state index in [1.54, 1.807) is 24.3 Å². The number of fused-ring (bicyclic) bond motifs is 1. The molecule has 1 aromatic heterocycles. The number of rotatable bonds is 5. The summed E-state index contributed by atoms with van der Waals surface area (Å²) in [6.07, 6.45) is -1.63. The van der Waals surface area contributed by atoms with Crippen LogP contribution in [-0.2, 0) is 11.2 Å². The van der Waals surface area contributed by atoms with Crippen LogP contribution in [0.25, 0.3) is 11.0 Å². The number of para-hydroxylation sites is 1. The highest BCUT2D eigenvalue weighted by atomic mass is 19.4. The molecule has 0 bridgehead atoms. The fourth-order valence-electron chi connectivity index (χ4n) is 5.46. The van der Waals surface area contributed by atoms with E-state index < -0.39 is 12.3 Å². The van der Waals surface area contributed by atoms with Crippen LogP contribution in [0.5, 0.6) is 5.75 Å². The van der Waals surface area contributed by atoms with Crippen LogP contribution in [0.15, 0.2) is 42.5 Å². The lowest BCUT2D eigenvalue weighted by atomic mass is 9.70. The number of imidazole rings is 1. The number of halogens is 3. The number of hydrogen-bond acceptors (Lipinski definition) is 4. The molecular formula is C26H29F3N2O3. The summed E-state index contributed by atoms with van der Waals surface area (Å²) in [5, 5.41) is 0. The Hall–Kier alpha value is -3.03. The van der Waals surface area contributed by atoms with Gasteiger partial charge in [0.15, 0.2) is 0 Å². The maximum Gasteiger partial charge on any atom is 0.573 e. The number of methoxy groups -OCH3 is 1. The molecule has 1 heterocycles. The lowest BCUT2D eigenvalue weighted by molar-refractivity contribution is -0.274. The third kappa shape index (κ3) is 5.21. The summed E-state index contributed by atoms with van der Waals surface area (Å²) in [6, 6.07) is 11.5. The number of esters is 1. The fraction of sp³-hybridized carbons (Fsp3) is 0.462. The summed E-state index contributed by atoms with van der Waals surface area (Å²) in [5.41, 5.74) is 2.37. The molecule has 0 amide bonds. The first kappa shape index (κ1) is 24.1. The summed E-state index contributed by atoms with van der Waals surface area (Å²) in [7, 11) is 1.32. The van der Waals surface area contributed by atoms with Crippen LogP contribution in [0.3, 0.4) is 0 Å². The first-order chi connectivity index (χ1) is 16.0. The zero-order valence-corrected chi connectivity index (χ0v) is 19.8. The predicted octanol–water partition coefficient (Wildman–Crippen LogP) is 6.70. The minimum atomic E-state index is -4.78. The van der Waals surface area contributed by atoms with Crippen LogP contribution in [0.1, 0.15) is 67.8 Å². The molecule has 1 aliphatic rings. The van der Waals surface area contributed by atoms with E-state index in [1.165, 1.54) is 19.2 Å². The molecule has 0 radical (unpaired) electrons. The molecule has 0 unspecified atom stereocenters. The standard InChI is InChI=1S/C26H29F3N2O3/c1-16-11-19(15-25(2,3)14-16)31-21-10-9-18(24(32)33-4)12-20(21)30-23(31)13-17-7-5-6-8-22(17)34-26(27,28)29/h5-10,12,16,19H,11,13-15H2,1-4H3/t16-,19+/m1/s1. The van der Waals surface area contributed by atoms with Gasteiger partial charge < -0.3 is 14.0 Å². The number of benzene rings is 2. The third-order valence-electron chi connectivity index (χ3n) is 6.46. The molecule has 0 spiro atoms. The van der Waals surface area contributed by atoms with Gasteiger partial charge >= 0.3 is 12.3 Å². The minimum Gasteiger partial charge on any atom is -0.465 e. The Morgan fingerprint density at radius 1 is 1.18 bits per heavy atom. The van der Waals surface area contributed by atoms with Crippen molar-refractivity contribution in [3.8, 4) is 5.75 Å². The van der Waals surface area contributed by atoms with Gasteiger partial charge in [-0.3, -0.25) is 0 Å². The topological polar surface area (TPSA) is 53.4 Å². The average Bonchev–Trinajstić information content (AvgIpc) is 3.09. The second kappa shape index (κ2) is 8.96. The molecule has 8 heteroatoms. The van der Waals surface area contributed by atoms with Crippen molar-refractivity contribution in [1.82, 2.24) is 9.55 Å². The van der Waals surface area contributed by atoms with Crippen LogP contribution >= 0.6 is 0 Å². The highest BCUT2D eigenvalue weighted by Crippen LogP contribution is 2.45. The molecule has 182 valence electrons. The first-order valence-electron chi connectivity index (χ1n) is 11.4. The molecular weight excluding hydrogens is 445 g/mol. The maximum atomic E-state index is 13.0. The van der Waals surface area contributed by atoms with Gasteiger partial charge in [0.2, 0.25) is 0 Å². The van der Waals surface area contributed by atoms with E-state index >= 15 is 0 Å². The minimum absolute atomic E-state index is 0.124. The SMILES string of the molecule is COC(=O)c1ccc2c(c1)nc(Cc1ccccc1OC(F)(F)F)n2[C@H]1C[C@@H](C)CC(C)(C)C1. The summed E-state index contributed by atoms with van der Waals surface area (Å²) in [4.78, 5) is 16.9. The molecule has 5 nitrogen and oxygen atoms in total. The highest BCUT2D eigenvalue weighted by molar-refractivity contribution is 5.93. The second-order valence-electron chi connectivity index (χ2n) is 9.99. The number of carbonyl (C=O) groups excluding carboxylic acids is 1. The Morgan fingerprint density at radius 2 is 1.91 bits per heavy atom. The number of aromatic nitrogens is 2. The van der Waals surface area contributed by atoms with E-state index in [9.17, 15) is 18.0 Å². The third-order valence-corrected chi connectivity index (χ3v) is 6.46. The van der Waals surface area contributed by atoms with Crippen molar-refractivity contribution in [2.75, 3.05) is 7.11 Å². The summed E-state index contributed by atoms with van der Waals surface area (Å²) >= 11 is 0. The van der Waals surface area contributed by atoms with Crippen LogP contribution in [0, 0.1) is 11.3 Å². The highest BCUT2D eigenvalue weighted by Gasteiger charge is 2.35. The summed E-state index contributed by atoms with van der Waals surface area (Å²) < 4.78 is 50.3. The molecule has 1 fully saturated rings. The van der Waals surface area contributed by atoms with E-state index in [2.05, 4.69) is 30.1 Å². The van der Waals surface area contributed by atoms with Gasteiger partial charge in [-0.1, -0.05) is 39.0 Å². The van der Waals surface area contributed by atoms with Gasteiger partial charge in [0, 0.05) is 18.0 Å². The van der Waals surface area contributed by atoms with Crippen LogP contribution in [0.2, 0.25) is 0 Å². The van der Waals surface area contributed by atoms with Gasteiger partial charge in [-0.2, -0.15) is 0 Å². The van der Waals surface area contributed by atoms with Crippen molar-refractivity contribution >= 4 is 17.0 Å². The lowest BCUT2D eigenvalue weighted by Crippen LogP contribution is -2.30. The molecule has 0 aliphatic heterocycles. The molecule has 0 saturated heterocycles. The van der Waals surface area contributed by atoms with Gasteiger partial charge in [0.1, 0.15) is 11.6 Å². The van der Waals surface area contributed by atoms with E-state index in [-0.39, 0.29) is 23.6 Å². The van der Waals surface area contributed by atoms with Gasteiger partial charge in [0.05, 0.1) is 23.7 Å². The van der Waals surface area contributed by atoms with Gasteiger partial charge in [0.25, 0.3) is 0 Å². The smallest absolute Gasteiger partial charge is 0.465 e. The second-order valence-corrected chi connectivity index (χ2v) is 9.99. The summed E-state index contributed by atoms with van der Waals surface area (Å²) in [5.74, 6) is 0.440. The molecule has 1 aliphatic carbocycles.